The van der Waals surface area contributed by atoms with Crippen molar-refractivity contribution in [2.75, 3.05) is 0 Å². The molecular formula is C27H44N2O2. The zero-order chi connectivity index (χ0) is 24.8. The molecule has 0 radical (unpaired) electrons. The van der Waals surface area contributed by atoms with E-state index in [2.05, 4.69) is 30.1 Å². The SMILES string of the molecule is CC.CC.CC.CC.CC=C(C)c1ccccc1[N+](=O)[O-].Cc1c[nH]c2ccccc12. The number of allylic oxidation sites excluding steroid dienone is 2. The third-order valence-corrected chi connectivity index (χ3v) is 3.75. The minimum absolute atomic E-state index is 0.165. The van der Waals surface area contributed by atoms with Crippen LogP contribution in [0.25, 0.3) is 16.5 Å². The molecule has 0 aliphatic rings. The molecule has 0 atom stereocenters. The molecule has 1 N–H and O–H groups in total. The number of aromatic nitrogens is 1. The highest BCUT2D eigenvalue weighted by Gasteiger charge is 2.12. The van der Waals surface area contributed by atoms with E-state index in [-0.39, 0.29) is 10.6 Å². The lowest BCUT2D eigenvalue weighted by Crippen LogP contribution is -1.92. The van der Waals surface area contributed by atoms with Crippen molar-refractivity contribution >= 4 is 22.2 Å². The number of aryl methyl sites for hydroxylation is 1. The average molecular weight is 429 g/mol. The maximum atomic E-state index is 10.6. The second-order valence-electron chi connectivity index (χ2n) is 5.26. The predicted octanol–water partition coefficient (Wildman–Crippen LogP) is 9.60. The van der Waals surface area contributed by atoms with Crippen molar-refractivity contribution in [2.24, 2.45) is 0 Å². The minimum atomic E-state index is -0.359. The number of nitro benzene ring substituents is 1. The van der Waals surface area contributed by atoms with Crippen LogP contribution in [0, 0.1) is 17.0 Å². The Morgan fingerprint density at radius 3 is 1.84 bits per heavy atom. The average Bonchev–Trinajstić information content (AvgIpc) is 3.25. The van der Waals surface area contributed by atoms with Crippen molar-refractivity contribution in [2.45, 2.75) is 76.2 Å². The van der Waals surface area contributed by atoms with E-state index in [1.807, 2.05) is 87.6 Å². The van der Waals surface area contributed by atoms with Crippen LogP contribution in [-0.2, 0) is 0 Å². The molecule has 1 heterocycles. The number of fused-ring (bicyclic) bond motifs is 1. The molecule has 4 heteroatoms. The van der Waals surface area contributed by atoms with Crippen molar-refractivity contribution in [1.82, 2.24) is 4.98 Å². The van der Waals surface area contributed by atoms with Crippen molar-refractivity contribution in [3.63, 3.8) is 0 Å². The summed E-state index contributed by atoms with van der Waals surface area (Å²) in [5, 5.41) is 11.9. The summed E-state index contributed by atoms with van der Waals surface area (Å²) < 4.78 is 0. The molecule has 0 saturated carbocycles. The quantitative estimate of drug-likeness (QED) is 0.326. The Bertz CT molecular complexity index is 849. The molecule has 0 bridgehead atoms. The van der Waals surface area contributed by atoms with Crippen LogP contribution in [0.3, 0.4) is 0 Å². The summed E-state index contributed by atoms with van der Waals surface area (Å²) in [4.78, 5) is 13.4. The summed E-state index contributed by atoms with van der Waals surface area (Å²) in [5.74, 6) is 0. The Morgan fingerprint density at radius 1 is 0.871 bits per heavy atom. The summed E-state index contributed by atoms with van der Waals surface area (Å²) in [6.07, 6.45) is 3.90. The molecule has 0 aliphatic carbocycles. The van der Waals surface area contributed by atoms with Crippen LogP contribution in [0.5, 0.6) is 0 Å². The van der Waals surface area contributed by atoms with Gasteiger partial charge in [0.2, 0.25) is 0 Å². The number of hydrogen-bond donors (Lipinski definition) is 1. The number of nitrogens with one attached hydrogen (secondary N) is 1. The predicted molar refractivity (Wildman–Crippen MR) is 141 cm³/mol. The second kappa shape index (κ2) is 21.8. The fraction of sp³-hybridized carbons (Fsp3) is 0.407. The van der Waals surface area contributed by atoms with Gasteiger partial charge in [-0.05, 0) is 44.0 Å². The highest BCUT2D eigenvalue weighted by Crippen LogP contribution is 2.24. The third-order valence-electron chi connectivity index (χ3n) is 3.75. The van der Waals surface area contributed by atoms with Crippen LogP contribution in [0.1, 0.15) is 80.4 Å². The van der Waals surface area contributed by atoms with Gasteiger partial charge in [0.25, 0.3) is 5.69 Å². The van der Waals surface area contributed by atoms with Gasteiger partial charge in [0, 0.05) is 23.2 Å². The smallest absolute Gasteiger partial charge is 0.276 e. The van der Waals surface area contributed by atoms with E-state index in [0.29, 0.717) is 5.56 Å². The normalized spacial score (nSPS) is 8.94. The van der Waals surface area contributed by atoms with Gasteiger partial charge in [-0.25, -0.2) is 0 Å². The monoisotopic (exact) mass is 428 g/mol. The lowest BCUT2D eigenvalue weighted by Gasteiger charge is -2.01. The van der Waals surface area contributed by atoms with Crippen LogP contribution in [-0.4, -0.2) is 9.91 Å². The first-order valence-electron chi connectivity index (χ1n) is 11.4. The first-order chi connectivity index (χ1) is 15.0. The highest BCUT2D eigenvalue weighted by atomic mass is 16.6. The van der Waals surface area contributed by atoms with Crippen molar-refractivity contribution < 1.29 is 4.92 Å². The summed E-state index contributed by atoms with van der Waals surface area (Å²) in [7, 11) is 0. The van der Waals surface area contributed by atoms with Crippen LogP contribution < -0.4 is 0 Å². The number of para-hydroxylation sites is 2. The third kappa shape index (κ3) is 11.8. The molecule has 174 valence electrons. The number of H-pyrrole nitrogens is 1. The van der Waals surface area contributed by atoms with Gasteiger partial charge in [-0.15, -0.1) is 0 Å². The lowest BCUT2D eigenvalue weighted by molar-refractivity contribution is -0.385. The van der Waals surface area contributed by atoms with E-state index in [9.17, 15) is 10.1 Å². The van der Waals surface area contributed by atoms with Crippen LogP contribution >= 0.6 is 0 Å². The summed E-state index contributed by atoms with van der Waals surface area (Å²) >= 11 is 0. The summed E-state index contributed by atoms with van der Waals surface area (Å²) in [6, 6.07) is 15.1. The highest BCUT2D eigenvalue weighted by molar-refractivity contribution is 5.82. The Balaban J connectivity index is -0.000000388. The first kappa shape index (κ1) is 32.8. The topological polar surface area (TPSA) is 58.9 Å². The van der Waals surface area contributed by atoms with Crippen LogP contribution in [0.2, 0.25) is 0 Å². The summed E-state index contributed by atoms with van der Waals surface area (Å²) in [5.41, 5.74) is 4.32. The van der Waals surface area contributed by atoms with E-state index in [0.717, 1.165) is 5.57 Å². The van der Waals surface area contributed by atoms with Gasteiger partial charge in [-0.3, -0.25) is 10.1 Å². The van der Waals surface area contributed by atoms with Gasteiger partial charge in [-0.2, -0.15) is 0 Å². The molecule has 0 spiro atoms. The fourth-order valence-electron chi connectivity index (χ4n) is 2.34. The van der Waals surface area contributed by atoms with Crippen LogP contribution in [0.4, 0.5) is 5.69 Å². The molecule has 3 rings (SSSR count). The molecule has 0 saturated heterocycles. The van der Waals surface area contributed by atoms with E-state index in [4.69, 9.17) is 0 Å². The number of benzene rings is 2. The fourth-order valence-corrected chi connectivity index (χ4v) is 2.34. The van der Waals surface area contributed by atoms with Gasteiger partial charge in [0.1, 0.15) is 0 Å². The number of rotatable bonds is 2. The molecule has 31 heavy (non-hydrogen) atoms. The standard InChI is InChI=1S/C10H11NO2.C9H9N.4C2H6/c1-3-8(2)9-6-4-5-7-10(9)11(12)13;1-7-6-10-9-5-3-2-4-8(7)9;4*1-2/h3-7H,1-2H3;2-6,10H,1H3;4*1-2H3. The molecule has 0 unspecified atom stereocenters. The molecule has 0 aliphatic heterocycles. The molecule has 1 aromatic heterocycles. The van der Waals surface area contributed by atoms with Crippen molar-refractivity contribution in [3.05, 3.63) is 82.0 Å². The Morgan fingerprint density at radius 2 is 1.35 bits per heavy atom. The van der Waals surface area contributed by atoms with Crippen molar-refractivity contribution in [3.8, 4) is 0 Å². The summed E-state index contributed by atoms with van der Waals surface area (Å²) in [6.45, 7) is 21.8. The molecule has 2 aromatic carbocycles. The number of nitro groups is 1. The largest absolute Gasteiger partial charge is 0.361 e. The lowest BCUT2D eigenvalue weighted by atomic mass is 10.1. The second-order valence-corrected chi connectivity index (χ2v) is 5.26. The van der Waals surface area contributed by atoms with Crippen LogP contribution in [0.15, 0.2) is 60.8 Å². The van der Waals surface area contributed by atoms with E-state index >= 15 is 0 Å². The molecule has 3 aromatic rings. The Hall–Kier alpha value is -2.88. The minimum Gasteiger partial charge on any atom is -0.361 e. The zero-order valence-corrected chi connectivity index (χ0v) is 21.5. The van der Waals surface area contributed by atoms with Gasteiger partial charge < -0.3 is 4.98 Å². The maximum Gasteiger partial charge on any atom is 0.276 e. The molecule has 0 amide bonds. The van der Waals surface area contributed by atoms with E-state index in [1.165, 1.54) is 22.5 Å². The Kier molecular flexibility index (Phi) is 23.1. The van der Waals surface area contributed by atoms with Gasteiger partial charge in [0.15, 0.2) is 0 Å². The number of hydrogen-bond acceptors (Lipinski definition) is 2. The number of aromatic amines is 1. The molecular weight excluding hydrogens is 384 g/mol. The van der Waals surface area contributed by atoms with E-state index < -0.39 is 0 Å². The molecule has 0 fully saturated rings. The van der Waals surface area contributed by atoms with Gasteiger partial charge in [-0.1, -0.05) is 91.8 Å². The number of nitrogens with zero attached hydrogens (tertiary/aromatic N) is 1. The van der Waals surface area contributed by atoms with Crippen molar-refractivity contribution in [1.29, 1.82) is 0 Å². The van der Waals surface area contributed by atoms with Gasteiger partial charge in [0.05, 0.1) is 10.5 Å². The zero-order valence-electron chi connectivity index (χ0n) is 21.5. The Labute approximate surface area is 190 Å². The molecule has 4 nitrogen and oxygen atoms in total. The maximum absolute atomic E-state index is 10.6. The van der Waals surface area contributed by atoms with Gasteiger partial charge >= 0.3 is 0 Å². The first-order valence-corrected chi connectivity index (χ1v) is 11.4. The van der Waals surface area contributed by atoms with E-state index in [1.54, 1.807) is 18.2 Å².